The molecule has 0 saturated carbocycles. The van der Waals surface area contributed by atoms with E-state index in [1.807, 2.05) is 0 Å². The first kappa shape index (κ1) is 29.3. The number of carbonyl (C=O) groups is 2. The smallest absolute Gasteiger partial charge is 0.329 e. The number of cyclic esters (lactones) is 1. The van der Waals surface area contributed by atoms with E-state index in [4.69, 9.17) is 28.4 Å². The fourth-order valence-corrected chi connectivity index (χ4v) is 4.50. The van der Waals surface area contributed by atoms with Crippen LogP contribution in [-0.2, 0) is 9.53 Å². The van der Waals surface area contributed by atoms with Gasteiger partial charge >= 0.3 is 5.97 Å². The summed E-state index contributed by atoms with van der Waals surface area (Å²) in [6, 6.07) is 14.7. The second kappa shape index (κ2) is 13.6. The maximum Gasteiger partial charge on any atom is 0.329 e. The summed E-state index contributed by atoms with van der Waals surface area (Å²) in [6.07, 6.45) is 0.628. The lowest BCUT2D eigenvalue weighted by Gasteiger charge is -2.32. The quantitative estimate of drug-likeness (QED) is 0.367. The summed E-state index contributed by atoms with van der Waals surface area (Å²) in [7, 11) is 4.53. The lowest BCUT2D eigenvalue weighted by molar-refractivity contribution is -0.157. The fraction of sp³-hybridized carbons (Fsp3) is 0.367. The number of hydrogen-bond donors (Lipinski definition) is 2. The molecule has 1 fully saturated rings. The summed E-state index contributed by atoms with van der Waals surface area (Å²) < 4.78 is 34.1. The van der Waals surface area contributed by atoms with Crippen molar-refractivity contribution in [3.8, 4) is 34.5 Å². The first-order valence-electron chi connectivity index (χ1n) is 13.2. The van der Waals surface area contributed by atoms with Gasteiger partial charge in [0.15, 0.2) is 23.3 Å². The predicted molar refractivity (Wildman–Crippen MR) is 148 cm³/mol. The third-order valence-corrected chi connectivity index (χ3v) is 6.70. The van der Waals surface area contributed by atoms with Crippen LogP contribution in [0.3, 0.4) is 0 Å². The van der Waals surface area contributed by atoms with E-state index in [9.17, 15) is 14.7 Å². The van der Waals surface area contributed by atoms with Gasteiger partial charge in [-0.25, -0.2) is 9.78 Å². The van der Waals surface area contributed by atoms with E-state index in [0.29, 0.717) is 35.8 Å². The number of pyridine rings is 1. The Bertz CT molecular complexity index is 1310. The van der Waals surface area contributed by atoms with E-state index in [1.54, 1.807) is 69.7 Å². The SMILES string of the molecule is COc1ccc(O[C@H]2[C@H](C)OC(=O)[C@@H](NC(=O)c3nccc(OC)c3O)CCC[C@@H]2Oc2ccc(OC)cc2)cc1. The van der Waals surface area contributed by atoms with Gasteiger partial charge in [0.05, 0.1) is 21.3 Å². The van der Waals surface area contributed by atoms with Crippen LogP contribution < -0.4 is 29.0 Å². The Kier molecular flexibility index (Phi) is 9.73. The van der Waals surface area contributed by atoms with E-state index < -0.39 is 42.0 Å². The molecule has 2 N–H and O–H groups in total. The standard InChI is InChI=1S/C30H34N2O9/c1-18-28(41-22-14-10-20(37-3)11-15-22)25(40-21-12-8-19(36-2)9-13-21)7-5-6-23(30(35)39-18)32-29(34)26-27(33)24(38-4)16-17-31-26/h8-18,23,25,28,33H,5-7H2,1-4H3,(H,32,34)/t18-,23-,25-,28-/m0/s1. The second-order valence-corrected chi connectivity index (χ2v) is 9.40. The van der Waals surface area contributed by atoms with Gasteiger partial charge in [0, 0.05) is 12.3 Å². The third-order valence-electron chi connectivity index (χ3n) is 6.70. The molecule has 0 aliphatic carbocycles. The van der Waals surface area contributed by atoms with E-state index in [-0.39, 0.29) is 17.9 Å². The maximum absolute atomic E-state index is 13.3. The number of nitrogens with zero attached hydrogens (tertiary/aromatic N) is 1. The molecule has 1 amide bonds. The number of carbonyl (C=O) groups excluding carboxylic acids is 2. The van der Waals surface area contributed by atoms with Crippen LogP contribution in [0.5, 0.6) is 34.5 Å². The van der Waals surface area contributed by atoms with Gasteiger partial charge in [-0.1, -0.05) is 0 Å². The topological polar surface area (TPSA) is 135 Å². The van der Waals surface area contributed by atoms with Crippen molar-refractivity contribution < 1.29 is 43.1 Å². The molecule has 2 aromatic carbocycles. The molecule has 0 unspecified atom stereocenters. The minimum absolute atomic E-state index is 0.0906. The molecular formula is C30H34N2O9. The summed E-state index contributed by atoms with van der Waals surface area (Å²) in [5.41, 5.74) is -0.258. The van der Waals surface area contributed by atoms with Crippen LogP contribution in [0.15, 0.2) is 60.8 Å². The zero-order valence-corrected chi connectivity index (χ0v) is 23.4. The zero-order chi connectivity index (χ0) is 29.4. The predicted octanol–water partition coefficient (Wildman–Crippen LogP) is 3.92. The molecule has 1 aliphatic rings. The molecule has 41 heavy (non-hydrogen) atoms. The number of benzene rings is 2. The Labute approximate surface area is 238 Å². The van der Waals surface area contributed by atoms with Crippen LogP contribution in [0.2, 0.25) is 0 Å². The van der Waals surface area contributed by atoms with Crippen LogP contribution in [0.4, 0.5) is 0 Å². The molecule has 0 bridgehead atoms. The van der Waals surface area contributed by atoms with Crippen LogP contribution in [-0.4, -0.2) is 67.7 Å². The largest absolute Gasteiger partial charge is 0.503 e. The lowest BCUT2D eigenvalue weighted by atomic mass is 10.0. The monoisotopic (exact) mass is 566 g/mol. The normalized spacial score (nSPS) is 20.8. The van der Waals surface area contributed by atoms with Crippen LogP contribution >= 0.6 is 0 Å². The highest BCUT2D eigenvalue weighted by molar-refractivity contribution is 5.97. The molecule has 11 heteroatoms. The number of esters is 1. The number of aromatic nitrogens is 1. The van der Waals surface area contributed by atoms with Gasteiger partial charge in [-0.2, -0.15) is 0 Å². The van der Waals surface area contributed by atoms with Gasteiger partial charge in [-0.05, 0) is 74.7 Å². The number of ether oxygens (including phenoxy) is 6. The number of aromatic hydroxyl groups is 1. The van der Waals surface area contributed by atoms with Gasteiger partial charge in [0.25, 0.3) is 5.91 Å². The summed E-state index contributed by atoms with van der Waals surface area (Å²) in [6.45, 7) is 1.72. The Hall–Kier alpha value is -4.67. The Morgan fingerprint density at radius 3 is 2.05 bits per heavy atom. The van der Waals surface area contributed by atoms with Gasteiger partial charge < -0.3 is 38.8 Å². The Morgan fingerprint density at radius 2 is 1.46 bits per heavy atom. The van der Waals surface area contributed by atoms with Crippen molar-refractivity contribution in [1.82, 2.24) is 10.3 Å². The molecule has 11 nitrogen and oxygen atoms in total. The molecule has 3 aromatic rings. The summed E-state index contributed by atoms with van der Waals surface area (Å²) in [5.74, 6) is 0.815. The minimum Gasteiger partial charge on any atom is -0.503 e. The fourth-order valence-electron chi connectivity index (χ4n) is 4.50. The first-order chi connectivity index (χ1) is 19.8. The summed E-state index contributed by atoms with van der Waals surface area (Å²) in [4.78, 5) is 30.2. The minimum atomic E-state index is -0.987. The highest BCUT2D eigenvalue weighted by Gasteiger charge is 2.37. The van der Waals surface area contributed by atoms with Crippen molar-refractivity contribution in [2.45, 2.75) is 50.5 Å². The van der Waals surface area contributed by atoms with E-state index in [1.165, 1.54) is 19.4 Å². The van der Waals surface area contributed by atoms with Crippen molar-refractivity contribution in [2.75, 3.05) is 21.3 Å². The molecule has 4 atom stereocenters. The van der Waals surface area contributed by atoms with E-state index in [2.05, 4.69) is 10.3 Å². The maximum atomic E-state index is 13.3. The molecule has 218 valence electrons. The van der Waals surface area contributed by atoms with Gasteiger partial charge in [-0.15, -0.1) is 0 Å². The van der Waals surface area contributed by atoms with Crippen molar-refractivity contribution in [3.63, 3.8) is 0 Å². The summed E-state index contributed by atoms with van der Waals surface area (Å²) >= 11 is 0. The Morgan fingerprint density at radius 1 is 0.878 bits per heavy atom. The number of hydrogen-bond acceptors (Lipinski definition) is 10. The second-order valence-electron chi connectivity index (χ2n) is 9.40. The molecule has 4 rings (SSSR count). The van der Waals surface area contributed by atoms with Crippen LogP contribution in [0, 0.1) is 0 Å². The lowest BCUT2D eigenvalue weighted by Crippen LogP contribution is -2.47. The summed E-state index contributed by atoms with van der Waals surface area (Å²) in [5, 5.41) is 13.0. The number of amides is 1. The zero-order valence-electron chi connectivity index (χ0n) is 23.4. The highest BCUT2D eigenvalue weighted by Crippen LogP contribution is 2.29. The first-order valence-corrected chi connectivity index (χ1v) is 13.2. The number of nitrogens with one attached hydrogen (secondary N) is 1. The number of rotatable bonds is 9. The van der Waals surface area contributed by atoms with Gasteiger partial charge in [0.2, 0.25) is 0 Å². The van der Waals surface area contributed by atoms with Gasteiger partial charge in [-0.3, -0.25) is 4.79 Å². The third kappa shape index (κ3) is 7.30. The van der Waals surface area contributed by atoms with E-state index in [0.717, 1.165) is 0 Å². The molecule has 1 saturated heterocycles. The average Bonchev–Trinajstić information content (AvgIpc) is 3.03. The van der Waals surface area contributed by atoms with Gasteiger partial charge in [0.1, 0.15) is 41.2 Å². The van der Waals surface area contributed by atoms with Crippen molar-refractivity contribution in [3.05, 3.63) is 66.5 Å². The van der Waals surface area contributed by atoms with Crippen LogP contribution in [0.25, 0.3) is 0 Å². The average molecular weight is 567 g/mol. The van der Waals surface area contributed by atoms with Crippen molar-refractivity contribution in [1.29, 1.82) is 0 Å². The molecule has 0 radical (unpaired) electrons. The van der Waals surface area contributed by atoms with Crippen molar-refractivity contribution >= 4 is 11.9 Å². The molecule has 2 heterocycles. The highest BCUT2D eigenvalue weighted by atomic mass is 16.6. The number of methoxy groups -OCH3 is 3. The molecular weight excluding hydrogens is 532 g/mol. The van der Waals surface area contributed by atoms with Crippen molar-refractivity contribution in [2.24, 2.45) is 0 Å². The molecule has 0 spiro atoms. The molecule has 1 aromatic heterocycles. The van der Waals surface area contributed by atoms with E-state index >= 15 is 0 Å². The Balaban J connectivity index is 1.56. The van der Waals surface area contributed by atoms with Crippen LogP contribution in [0.1, 0.15) is 36.7 Å². The molecule has 1 aliphatic heterocycles.